The Labute approximate surface area is 571 Å². The number of nitro groups is 1. The van der Waals surface area contributed by atoms with Crippen LogP contribution in [0.3, 0.4) is 0 Å². The molecule has 7 rings (SSSR count). The number of ether oxygens (including phenoxy) is 4. The number of piperazine rings is 1. The fraction of sp³-hybridized carbons (Fsp3) is 0.493. The number of carbonyl (C=O) groups excluding carboxylic acids is 8. The first-order valence-corrected chi connectivity index (χ1v) is 34.9. The number of imide groups is 1. The average Bonchev–Trinajstić information content (AvgIpc) is 0.773. The number of unbranched alkanes of at least 4 members (excludes halogenated alkanes) is 3. The Morgan fingerprint density at radius 2 is 1.41 bits per heavy atom. The minimum Gasteiger partial charge on any atom is -0.748 e. The molecule has 29 heteroatoms. The molecule has 0 bridgehead atoms. The minimum absolute atomic E-state index is 0.0576. The number of benzene rings is 4. The SMILES string of the molecule is CCNC(=O)CCCCCNC(=O)C(CS(=O)(=O)[O-])NC(=O)CCCCC(=O)N1CCN(C(=O)c2ccccc2-c2c3ccc(=[N+](CC)CC)cc-3oc3cc(N(CC)CC)ccc23)CC1.CCOc1cc([N+](=O)[O-])c(C(C)OC(=O)NCCOCCN2C(=O)C=CC2=O)cc1OC. The summed E-state index contributed by atoms with van der Waals surface area (Å²) in [5.41, 5.74) is 4.84. The second kappa shape index (κ2) is 38.5. The predicted octanol–water partition coefficient (Wildman–Crippen LogP) is 6.28. The molecule has 2 atom stereocenters. The van der Waals surface area contributed by atoms with E-state index in [1.165, 1.54) is 38.3 Å². The van der Waals surface area contributed by atoms with E-state index in [1.54, 1.807) is 16.7 Å². The van der Waals surface area contributed by atoms with Crippen molar-refractivity contribution in [2.24, 2.45) is 0 Å². The smallest absolute Gasteiger partial charge is 0.407 e. The lowest BCUT2D eigenvalue weighted by molar-refractivity contribution is -0.386. The summed E-state index contributed by atoms with van der Waals surface area (Å²) in [4.78, 5) is 117. The monoisotopic (exact) mass is 1380 g/mol. The molecule has 4 aliphatic rings. The van der Waals surface area contributed by atoms with Gasteiger partial charge in [0.25, 0.3) is 23.4 Å². The number of fused-ring (bicyclic) bond motifs is 2. The Balaban J connectivity index is 0.000000395. The first-order chi connectivity index (χ1) is 47.0. The van der Waals surface area contributed by atoms with E-state index < -0.39 is 62.7 Å². The van der Waals surface area contributed by atoms with Crippen LogP contribution >= 0.6 is 0 Å². The van der Waals surface area contributed by atoms with E-state index in [4.69, 9.17) is 23.4 Å². The largest absolute Gasteiger partial charge is 0.748 e. The number of nitro benzene ring substituents is 1. The summed E-state index contributed by atoms with van der Waals surface area (Å²) in [6, 6.07) is 21.3. The van der Waals surface area contributed by atoms with Gasteiger partial charge in [-0.3, -0.25) is 48.6 Å². The van der Waals surface area contributed by atoms with E-state index >= 15 is 0 Å². The first-order valence-electron chi connectivity index (χ1n) is 33.3. The average molecular weight is 1380 g/mol. The van der Waals surface area contributed by atoms with Crippen molar-refractivity contribution in [2.45, 2.75) is 112 Å². The van der Waals surface area contributed by atoms with Gasteiger partial charge in [0.2, 0.25) is 29.0 Å². The third-order valence-corrected chi connectivity index (χ3v) is 17.3. The van der Waals surface area contributed by atoms with Gasteiger partial charge in [0.05, 0.1) is 72.0 Å². The second-order valence-electron chi connectivity index (χ2n) is 23.0. The van der Waals surface area contributed by atoms with Crippen molar-refractivity contribution in [2.75, 3.05) is 116 Å². The standard InChI is InChI=1S/C49H67N7O9S.C20H25N3O9/c1-6-50-44(57)20-12-11-17-27-51-48(60)41(34-66(62,63)64)52-45(58)21-15-16-22-46(59)55-28-30-56(31-29-55)49(61)38-19-14-13-18-37(38)47-39-25-23-35(53(7-2)8-3)32-42(39)65-43-33-36(24-26-40(43)47)54(9-4)10-5;1-4-31-17-12-15(23(27)28)14(11-16(17)29-3)13(2)32-20(26)21-7-9-30-10-8-22-18(24)5-6-19(22)25/h13-14,18-19,23-26,32-33,41H,6-12,15-17,20-22,27-31,34H2,1-5H3,(H3-,50,51,52,57,58,60,62,63,64);5-6,11-13H,4,7-10H2,1-3H3,(H,21,26). The molecule has 1 fully saturated rings. The van der Waals surface area contributed by atoms with Crippen LogP contribution in [0.2, 0.25) is 0 Å². The lowest BCUT2D eigenvalue weighted by Crippen LogP contribution is -2.50. The molecule has 3 aliphatic heterocycles. The molecule has 1 aliphatic carbocycles. The van der Waals surface area contributed by atoms with Gasteiger partial charge in [-0.2, -0.15) is 0 Å². The van der Waals surface area contributed by atoms with Crippen molar-refractivity contribution >= 4 is 79.9 Å². The van der Waals surface area contributed by atoms with Crippen molar-refractivity contribution in [3.63, 3.8) is 0 Å². The Kier molecular flexibility index (Phi) is 30.4. The van der Waals surface area contributed by atoms with E-state index in [0.29, 0.717) is 83.4 Å². The van der Waals surface area contributed by atoms with Crippen LogP contribution in [-0.2, 0) is 48.4 Å². The molecule has 28 nitrogen and oxygen atoms in total. The van der Waals surface area contributed by atoms with Gasteiger partial charge < -0.3 is 63.9 Å². The fourth-order valence-corrected chi connectivity index (χ4v) is 12.0. The molecule has 532 valence electrons. The molecule has 0 spiro atoms. The Bertz CT molecular complexity index is 3780. The number of nitrogens with zero attached hydrogens (tertiary/aromatic N) is 6. The van der Waals surface area contributed by atoms with Gasteiger partial charge in [0.15, 0.2) is 11.5 Å². The van der Waals surface area contributed by atoms with Gasteiger partial charge in [-0.05, 0) is 110 Å². The number of methoxy groups -OCH3 is 1. The normalized spacial score (nSPS) is 13.5. The third kappa shape index (κ3) is 22.3. The van der Waals surface area contributed by atoms with Gasteiger partial charge in [0.1, 0.15) is 36.6 Å². The number of hydrogen-bond donors (Lipinski definition) is 4. The maximum absolute atomic E-state index is 14.4. The van der Waals surface area contributed by atoms with E-state index in [2.05, 4.69) is 94.8 Å². The topological polar surface area (TPSA) is 351 Å². The summed E-state index contributed by atoms with van der Waals surface area (Å²) in [5.74, 6) is -2.35. The summed E-state index contributed by atoms with van der Waals surface area (Å²) >= 11 is 0. The number of rotatable bonds is 35. The summed E-state index contributed by atoms with van der Waals surface area (Å²) in [6.45, 7) is 19.8. The van der Waals surface area contributed by atoms with Gasteiger partial charge >= 0.3 is 6.09 Å². The first kappa shape index (κ1) is 77.5. The highest BCUT2D eigenvalue weighted by atomic mass is 32.2. The van der Waals surface area contributed by atoms with E-state index in [-0.39, 0.29) is 86.2 Å². The number of alkyl carbamates (subject to hydrolysis) is 1. The zero-order chi connectivity index (χ0) is 71.5. The molecule has 3 heterocycles. The van der Waals surface area contributed by atoms with Crippen molar-refractivity contribution in [3.8, 4) is 33.9 Å². The summed E-state index contributed by atoms with van der Waals surface area (Å²) in [5, 5.41) is 23.5. The lowest BCUT2D eigenvalue weighted by atomic mass is 9.90. The minimum atomic E-state index is -4.84. The van der Waals surface area contributed by atoms with Crippen molar-refractivity contribution in [3.05, 3.63) is 112 Å². The zero-order valence-corrected chi connectivity index (χ0v) is 58.0. The second-order valence-corrected chi connectivity index (χ2v) is 24.5. The van der Waals surface area contributed by atoms with Gasteiger partial charge in [0, 0.05) is 130 Å². The van der Waals surface area contributed by atoms with Crippen molar-refractivity contribution < 1.29 is 79.6 Å². The Morgan fingerprint density at radius 1 is 0.735 bits per heavy atom. The van der Waals surface area contributed by atoms with Crippen LogP contribution in [0.1, 0.15) is 122 Å². The van der Waals surface area contributed by atoms with E-state index in [1.807, 2.05) is 31.2 Å². The van der Waals surface area contributed by atoms with Crippen LogP contribution in [0.4, 0.5) is 16.2 Å². The van der Waals surface area contributed by atoms with Crippen LogP contribution in [0, 0.1) is 10.1 Å². The molecule has 98 heavy (non-hydrogen) atoms. The molecule has 0 aromatic heterocycles. The van der Waals surface area contributed by atoms with Crippen molar-refractivity contribution in [1.29, 1.82) is 0 Å². The molecular weight excluding hydrogens is 1290 g/mol. The molecule has 3 aromatic rings. The van der Waals surface area contributed by atoms with Gasteiger partial charge in [-0.15, -0.1) is 0 Å². The quantitative estimate of drug-likeness (QED) is 0.00659. The molecule has 8 amide bonds. The van der Waals surface area contributed by atoms with Crippen LogP contribution in [0.15, 0.2) is 89.4 Å². The maximum atomic E-state index is 14.4. The number of anilines is 1. The number of hydrogen-bond acceptors (Lipinski definition) is 19. The van der Waals surface area contributed by atoms with Gasteiger partial charge in [-0.25, -0.2) is 17.8 Å². The zero-order valence-electron chi connectivity index (χ0n) is 57.1. The molecule has 0 saturated carbocycles. The van der Waals surface area contributed by atoms with Crippen LogP contribution in [0.5, 0.6) is 11.5 Å². The molecule has 4 N–H and O–H groups in total. The Hall–Kier alpha value is -9.48. The van der Waals surface area contributed by atoms with E-state index in [9.17, 15) is 61.4 Å². The molecule has 1 saturated heterocycles. The van der Waals surface area contributed by atoms with Crippen LogP contribution in [-0.4, -0.2) is 197 Å². The maximum Gasteiger partial charge on any atom is 0.407 e. The summed E-state index contributed by atoms with van der Waals surface area (Å²) < 4.78 is 64.6. The molecular formula is C69H92N10O18S. The van der Waals surface area contributed by atoms with Gasteiger partial charge in [-0.1, -0.05) is 24.6 Å². The van der Waals surface area contributed by atoms with Crippen LogP contribution in [0.25, 0.3) is 33.4 Å². The third-order valence-electron chi connectivity index (χ3n) is 16.5. The highest BCUT2D eigenvalue weighted by molar-refractivity contribution is 7.85. The highest BCUT2D eigenvalue weighted by Gasteiger charge is 2.31. The predicted molar refractivity (Wildman–Crippen MR) is 366 cm³/mol. The molecule has 3 aromatic carbocycles. The number of carbonyl (C=O) groups is 8. The Morgan fingerprint density at radius 3 is 2.06 bits per heavy atom. The number of amides is 8. The molecule has 0 radical (unpaired) electrons. The van der Waals surface area contributed by atoms with E-state index in [0.717, 1.165) is 75.5 Å². The van der Waals surface area contributed by atoms with Crippen LogP contribution < -0.4 is 45.6 Å². The highest BCUT2D eigenvalue weighted by Crippen LogP contribution is 2.43. The number of nitrogens with one attached hydrogen (secondary N) is 4. The summed E-state index contributed by atoms with van der Waals surface area (Å²) in [7, 11) is -3.43. The van der Waals surface area contributed by atoms with Crippen molar-refractivity contribution in [1.82, 2.24) is 40.5 Å². The summed E-state index contributed by atoms with van der Waals surface area (Å²) in [6.07, 6.45) is 3.52. The lowest BCUT2D eigenvalue weighted by Gasteiger charge is -2.35. The fourth-order valence-electron chi connectivity index (χ4n) is 11.4. The molecule has 2 unspecified atom stereocenters.